The van der Waals surface area contributed by atoms with Gasteiger partial charge >= 0.3 is 0 Å². The molecule has 4 nitrogen and oxygen atoms in total. The minimum absolute atomic E-state index is 0.694. The van der Waals surface area contributed by atoms with Crippen LogP contribution in [0, 0.1) is 17.2 Å². The monoisotopic (exact) mass is 280 g/mol. The van der Waals surface area contributed by atoms with Gasteiger partial charge in [0.1, 0.15) is 11.7 Å². The quantitative estimate of drug-likeness (QED) is 0.849. The summed E-state index contributed by atoms with van der Waals surface area (Å²) in [6.07, 6.45) is 10.8. The molecule has 0 amide bonds. The molecule has 0 N–H and O–H groups in total. The topological polar surface area (TPSA) is 44.3 Å². The molecular formula is C17H20N4. The number of aromatic nitrogens is 2. The summed E-state index contributed by atoms with van der Waals surface area (Å²) in [5, 5.41) is 9.08. The van der Waals surface area contributed by atoms with Crippen LogP contribution in [0.1, 0.15) is 43.4 Å². The molecule has 0 aromatic carbocycles. The molecule has 4 rings (SSSR count). The van der Waals surface area contributed by atoms with Gasteiger partial charge in [-0.15, -0.1) is 0 Å². The first-order valence-electron chi connectivity index (χ1n) is 7.95. The Morgan fingerprint density at radius 2 is 2.14 bits per heavy atom. The molecule has 1 aliphatic heterocycles. The van der Waals surface area contributed by atoms with Gasteiger partial charge in [0, 0.05) is 18.8 Å². The molecule has 1 saturated carbocycles. The maximum Gasteiger partial charge on any atom is 0.137 e. The van der Waals surface area contributed by atoms with Gasteiger partial charge in [-0.2, -0.15) is 5.26 Å². The highest BCUT2D eigenvalue weighted by Gasteiger charge is 2.34. The van der Waals surface area contributed by atoms with Crippen molar-refractivity contribution < 1.29 is 0 Å². The van der Waals surface area contributed by atoms with Crippen molar-refractivity contribution in [3.05, 3.63) is 35.8 Å². The third-order valence-corrected chi connectivity index (χ3v) is 5.18. The van der Waals surface area contributed by atoms with Gasteiger partial charge in [-0.1, -0.05) is 6.42 Å². The minimum atomic E-state index is 0.694. The Hall–Kier alpha value is -1.86. The molecule has 2 aromatic rings. The van der Waals surface area contributed by atoms with Crippen molar-refractivity contribution in [2.24, 2.45) is 5.92 Å². The standard InChI is InChI=1S/C17H20N4/c18-9-13-6-7-17-19-10-15(21(17)11-13)12-20-8-2-4-14-3-1-5-16(14)20/h6-7,10-11,14,16H,1-5,8,12H2. The predicted molar refractivity (Wildman–Crippen MR) is 80.7 cm³/mol. The smallest absolute Gasteiger partial charge is 0.137 e. The van der Waals surface area contributed by atoms with E-state index in [1.165, 1.54) is 44.3 Å². The summed E-state index contributed by atoms with van der Waals surface area (Å²) in [5.41, 5.74) is 2.83. The second kappa shape index (κ2) is 5.16. The van der Waals surface area contributed by atoms with E-state index in [0.717, 1.165) is 24.2 Å². The lowest BCUT2D eigenvalue weighted by Crippen LogP contribution is -2.42. The molecular weight excluding hydrogens is 260 g/mol. The fraction of sp³-hybridized carbons (Fsp3) is 0.529. The summed E-state index contributed by atoms with van der Waals surface area (Å²) >= 11 is 0. The Balaban J connectivity index is 1.63. The zero-order valence-corrected chi connectivity index (χ0v) is 12.2. The molecule has 2 atom stereocenters. The average molecular weight is 280 g/mol. The molecule has 21 heavy (non-hydrogen) atoms. The number of rotatable bonds is 2. The molecule has 0 bridgehead atoms. The Morgan fingerprint density at radius 3 is 3.05 bits per heavy atom. The van der Waals surface area contributed by atoms with Crippen LogP contribution in [-0.4, -0.2) is 26.9 Å². The number of fused-ring (bicyclic) bond motifs is 2. The first-order chi connectivity index (χ1) is 10.3. The van der Waals surface area contributed by atoms with E-state index >= 15 is 0 Å². The van der Waals surface area contributed by atoms with Crippen molar-refractivity contribution in [2.45, 2.75) is 44.7 Å². The first kappa shape index (κ1) is 12.8. The number of imidazole rings is 1. The zero-order valence-electron chi connectivity index (χ0n) is 12.2. The van der Waals surface area contributed by atoms with Crippen molar-refractivity contribution in [1.82, 2.24) is 14.3 Å². The molecule has 1 aliphatic carbocycles. The Morgan fingerprint density at radius 1 is 1.24 bits per heavy atom. The van der Waals surface area contributed by atoms with Crippen molar-refractivity contribution in [2.75, 3.05) is 6.54 Å². The van der Waals surface area contributed by atoms with Crippen molar-refractivity contribution >= 4 is 5.65 Å². The third kappa shape index (κ3) is 2.22. The number of piperidine rings is 1. The van der Waals surface area contributed by atoms with Crippen LogP contribution in [0.3, 0.4) is 0 Å². The third-order valence-electron chi connectivity index (χ3n) is 5.18. The Kier molecular flexibility index (Phi) is 3.16. The number of likely N-dealkylation sites (tertiary alicyclic amines) is 1. The second-order valence-corrected chi connectivity index (χ2v) is 6.38. The maximum absolute atomic E-state index is 9.08. The summed E-state index contributed by atoms with van der Waals surface area (Å²) < 4.78 is 2.08. The number of pyridine rings is 1. The highest BCUT2D eigenvalue weighted by atomic mass is 15.2. The van der Waals surface area contributed by atoms with E-state index in [-0.39, 0.29) is 0 Å². The van der Waals surface area contributed by atoms with Gasteiger partial charge in [0.15, 0.2) is 0 Å². The highest BCUT2D eigenvalue weighted by molar-refractivity contribution is 5.44. The fourth-order valence-corrected chi connectivity index (χ4v) is 4.18. The van der Waals surface area contributed by atoms with Gasteiger partial charge in [0.05, 0.1) is 17.5 Å². The predicted octanol–water partition coefficient (Wildman–Crippen LogP) is 2.97. The molecule has 108 valence electrons. The maximum atomic E-state index is 9.08. The van der Waals surface area contributed by atoms with Crippen LogP contribution >= 0.6 is 0 Å². The average Bonchev–Trinajstić information content (AvgIpc) is 3.14. The molecule has 2 fully saturated rings. The minimum Gasteiger partial charge on any atom is -0.301 e. The van der Waals surface area contributed by atoms with Crippen LogP contribution in [0.25, 0.3) is 5.65 Å². The fourth-order valence-electron chi connectivity index (χ4n) is 4.18. The van der Waals surface area contributed by atoms with E-state index < -0.39 is 0 Å². The van der Waals surface area contributed by atoms with Crippen LogP contribution < -0.4 is 0 Å². The van der Waals surface area contributed by atoms with Crippen LogP contribution in [0.5, 0.6) is 0 Å². The van der Waals surface area contributed by atoms with Crippen LogP contribution in [0.2, 0.25) is 0 Å². The molecule has 2 aromatic heterocycles. The van der Waals surface area contributed by atoms with Gasteiger partial charge in [0.2, 0.25) is 0 Å². The van der Waals surface area contributed by atoms with E-state index in [1.807, 2.05) is 24.5 Å². The van der Waals surface area contributed by atoms with Gasteiger partial charge < -0.3 is 4.40 Å². The van der Waals surface area contributed by atoms with Crippen LogP contribution in [0.15, 0.2) is 24.5 Å². The number of nitrogens with zero attached hydrogens (tertiary/aromatic N) is 4. The summed E-state index contributed by atoms with van der Waals surface area (Å²) in [7, 11) is 0. The first-order valence-corrected chi connectivity index (χ1v) is 7.95. The highest BCUT2D eigenvalue weighted by Crippen LogP contribution is 2.37. The summed E-state index contributed by atoms with van der Waals surface area (Å²) in [6.45, 7) is 2.16. The van der Waals surface area contributed by atoms with E-state index in [0.29, 0.717) is 5.56 Å². The number of hydrogen-bond donors (Lipinski definition) is 0. The van der Waals surface area contributed by atoms with Gasteiger partial charge in [0.25, 0.3) is 0 Å². The summed E-state index contributed by atoms with van der Waals surface area (Å²) in [5.74, 6) is 0.910. The molecule has 3 heterocycles. The molecule has 2 unspecified atom stereocenters. The summed E-state index contributed by atoms with van der Waals surface area (Å²) in [6, 6.07) is 6.74. The molecule has 0 spiro atoms. The lowest BCUT2D eigenvalue weighted by Gasteiger charge is -2.37. The van der Waals surface area contributed by atoms with E-state index in [2.05, 4.69) is 20.4 Å². The van der Waals surface area contributed by atoms with Crippen molar-refractivity contribution in [3.63, 3.8) is 0 Å². The van der Waals surface area contributed by atoms with E-state index in [9.17, 15) is 0 Å². The SMILES string of the molecule is N#Cc1ccc2ncc(CN3CCCC4CCCC43)n2c1. The van der Waals surface area contributed by atoms with Gasteiger partial charge in [-0.05, 0) is 50.3 Å². The zero-order chi connectivity index (χ0) is 14.2. The number of nitriles is 1. The molecule has 1 saturated heterocycles. The molecule has 2 aliphatic rings. The van der Waals surface area contributed by atoms with Crippen molar-refractivity contribution in [1.29, 1.82) is 5.26 Å². The van der Waals surface area contributed by atoms with Gasteiger partial charge in [-0.3, -0.25) is 4.90 Å². The largest absolute Gasteiger partial charge is 0.301 e. The molecule has 4 heteroatoms. The molecule has 0 radical (unpaired) electrons. The van der Waals surface area contributed by atoms with Gasteiger partial charge in [-0.25, -0.2) is 4.98 Å². The Labute approximate surface area is 125 Å². The Bertz CT molecular complexity index is 696. The summed E-state index contributed by atoms with van der Waals surface area (Å²) in [4.78, 5) is 7.11. The number of hydrogen-bond acceptors (Lipinski definition) is 3. The van der Waals surface area contributed by atoms with Crippen LogP contribution in [0.4, 0.5) is 0 Å². The lowest BCUT2D eigenvalue weighted by atomic mass is 9.92. The lowest BCUT2D eigenvalue weighted by molar-refractivity contribution is 0.104. The van der Waals surface area contributed by atoms with E-state index in [1.54, 1.807) is 0 Å². The van der Waals surface area contributed by atoms with Crippen molar-refractivity contribution in [3.8, 4) is 6.07 Å². The second-order valence-electron chi connectivity index (χ2n) is 6.38. The normalized spacial score (nSPS) is 25.9. The van der Waals surface area contributed by atoms with E-state index in [4.69, 9.17) is 5.26 Å². The van der Waals surface area contributed by atoms with Crippen LogP contribution in [-0.2, 0) is 6.54 Å².